The van der Waals surface area contributed by atoms with E-state index in [2.05, 4.69) is 38.2 Å². The van der Waals surface area contributed by atoms with Crippen molar-refractivity contribution in [3.05, 3.63) is 30.4 Å². The Bertz CT molecular complexity index is 925. The highest BCUT2D eigenvalue weighted by Gasteiger charge is 2.22. The van der Waals surface area contributed by atoms with Gasteiger partial charge in [0, 0.05) is 41.0 Å². The molecule has 3 heterocycles. The zero-order chi connectivity index (χ0) is 18.8. The van der Waals surface area contributed by atoms with Crippen LogP contribution in [-0.4, -0.2) is 32.0 Å². The van der Waals surface area contributed by atoms with Crippen molar-refractivity contribution in [2.24, 2.45) is 5.73 Å². The van der Waals surface area contributed by atoms with E-state index in [0.717, 1.165) is 66.5 Å². The second-order valence-corrected chi connectivity index (χ2v) is 7.44. The van der Waals surface area contributed by atoms with Crippen molar-refractivity contribution < 1.29 is 0 Å². The van der Waals surface area contributed by atoms with Crippen LogP contribution < -0.4 is 16.8 Å². The van der Waals surface area contributed by atoms with Crippen LogP contribution in [0.1, 0.15) is 44.7 Å². The molecule has 1 aliphatic carbocycles. The summed E-state index contributed by atoms with van der Waals surface area (Å²) in [5.74, 6) is 0.454. The molecule has 0 saturated heterocycles. The van der Waals surface area contributed by atoms with E-state index in [0.29, 0.717) is 17.9 Å². The predicted molar refractivity (Wildman–Crippen MR) is 109 cm³/mol. The van der Waals surface area contributed by atoms with Gasteiger partial charge in [0.1, 0.15) is 17.8 Å². The minimum absolute atomic E-state index is 0.324. The number of rotatable bonds is 5. The van der Waals surface area contributed by atoms with Crippen LogP contribution in [0.5, 0.6) is 0 Å². The average Bonchev–Trinajstić information content (AvgIpc) is 3.07. The number of pyridine rings is 1. The van der Waals surface area contributed by atoms with Gasteiger partial charge in [0.15, 0.2) is 0 Å². The topological polar surface area (TPSA) is 119 Å². The molecule has 142 valence electrons. The van der Waals surface area contributed by atoms with Crippen molar-refractivity contribution in [2.45, 2.75) is 57.5 Å². The number of fused-ring (bicyclic) bond motifs is 1. The molecule has 0 unspecified atom stereocenters. The summed E-state index contributed by atoms with van der Waals surface area (Å²) in [5.41, 5.74) is 16.9. The van der Waals surface area contributed by atoms with Gasteiger partial charge >= 0.3 is 0 Å². The third kappa shape index (κ3) is 3.73. The number of hydrogen-bond acceptors (Lipinski definition) is 6. The number of aromatic amines is 1. The Labute approximate surface area is 159 Å². The number of anilines is 2. The molecule has 7 heteroatoms. The zero-order valence-electron chi connectivity index (χ0n) is 15.7. The molecule has 27 heavy (non-hydrogen) atoms. The van der Waals surface area contributed by atoms with Crippen LogP contribution in [0, 0.1) is 0 Å². The van der Waals surface area contributed by atoms with Crippen LogP contribution in [0.2, 0.25) is 0 Å². The van der Waals surface area contributed by atoms with E-state index in [4.69, 9.17) is 11.5 Å². The van der Waals surface area contributed by atoms with E-state index < -0.39 is 0 Å². The third-order valence-corrected chi connectivity index (χ3v) is 5.32. The van der Waals surface area contributed by atoms with Crippen molar-refractivity contribution in [2.75, 3.05) is 11.1 Å². The lowest BCUT2D eigenvalue weighted by Gasteiger charge is -2.28. The number of hydrogen-bond donors (Lipinski definition) is 4. The smallest absolute Gasteiger partial charge is 0.139 e. The first kappa shape index (κ1) is 17.7. The number of nitrogens with zero attached hydrogens (tertiary/aromatic N) is 3. The minimum Gasteiger partial charge on any atom is -0.384 e. The summed E-state index contributed by atoms with van der Waals surface area (Å²) in [6.07, 6.45) is 9.71. The van der Waals surface area contributed by atoms with E-state index in [1.54, 1.807) is 6.07 Å². The summed E-state index contributed by atoms with van der Waals surface area (Å²) in [6, 6.07) is 4.73. The van der Waals surface area contributed by atoms with Gasteiger partial charge in [0.2, 0.25) is 0 Å². The molecule has 0 radical (unpaired) electrons. The molecule has 0 aliphatic heterocycles. The highest BCUT2D eigenvalue weighted by Crippen LogP contribution is 2.35. The maximum atomic E-state index is 6.08. The van der Waals surface area contributed by atoms with Gasteiger partial charge in [-0.3, -0.25) is 0 Å². The predicted octanol–water partition coefficient (Wildman–Crippen LogP) is 3.24. The third-order valence-electron chi connectivity index (χ3n) is 5.32. The summed E-state index contributed by atoms with van der Waals surface area (Å²) in [5, 5.41) is 4.87. The van der Waals surface area contributed by atoms with Crippen LogP contribution in [0.25, 0.3) is 22.3 Å². The Balaban J connectivity index is 1.78. The lowest BCUT2D eigenvalue weighted by molar-refractivity contribution is 0.411. The van der Waals surface area contributed by atoms with Crippen LogP contribution in [0.3, 0.4) is 0 Å². The number of nitrogens with two attached hydrogens (primary N) is 2. The average molecular weight is 365 g/mol. The van der Waals surface area contributed by atoms with Crippen LogP contribution in [0.4, 0.5) is 11.5 Å². The second-order valence-electron chi connectivity index (χ2n) is 7.44. The lowest BCUT2D eigenvalue weighted by atomic mass is 9.91. The van der Waals surface area contributed by atoms with E-state index in [1.807, 2.05) is 6.20 Å². The monoisotopic (exact) mass is 365 g/mol. The van der Waals surface area contributed by atoms with Gasteiger partial charge in [-0.25, -0.2) is 15.0 Å². The normalized spacial score (nSPS) is 20.1. The van der Waals surface area contributed by atoms with Crippen LogP contribution >= 0.6 is 0 Å². The van der Waals surface area contributed by atoms with Gasteiger partial charge in [-0.05, 0) is 38.2 Å². The molecule has 7 nitrogen and oxygen atoms in total. The van der Waals surface area contributed by atoms with E-state index in [9.17, 15) is 0 Å². The van der Waals surface area contributed by atoms with Gasteiger partial charge in [-0.15, -0.1) is 0 Å². The largest absolute Gasteiger partial charge is 0.384 e. The van der Waals surface area contributed by atoms with Crippen molar-refractivity contribution in [1.82, 2.24) is 19.9 Å². The summed E-state index contributed by atoms with van der Waals surface area (Å²) in [4.78, 5) is 16.5. The number of aryl methyl sites for hydroxylation is 1. The van der Waals surface area contributed by atoms with Gasteiger partial charge in [-0.2, -0.15) is 0 Å². The Morgan fingerprint density at radius 2 is 1.96 bits per heavy atom. The Morgan fingerprint density at radius 3 is 2.70 bits per heavy atom. The summed E-state index contributed by atoms with van der Waals surface area (Å²) < 4.78 is 0. The first-order valence-electron chi connectivity index (χ1n) is 9.74. The molecular formula is C20H27N7. The first-order chi connectivity index (χ1) is 13.1. The van der Waals surface area contributed by atoms with Crippen LogP contribution in [0.15, 0.2) is 24.7 Å². The van der Waals surface area contributed by atoms with Gasteiger partial charge < -0.3 is 21.8 Å². The Morgan fingerprint density at radius 1 is 1.15 bits per heavy atom. The number of nitrogens with one attached hydrogen (secondary N) is 2. The molecule has 0 bridgehead atoms. The number of aromatic nitrogens is 4. The van der Waals surface area contributed by atoms with E-state index >= 15 is 0 Å². The summed E-state index contributed by atoms with van der Waals surface area (Å²) in [7, 11) is 0. The van der Waals surface area contributed by atoms with Crippen molar-refractivity contribution in [3.8, 4) is 11.3 Å². The quantitative estimate of drug-likeness (QED) is 0.551. The Hall–Kier alpha value is -2.67. The number of H-pyrrole nitrogens is 1. The first-order valence-corrected chi connectivity index (χ1v) is 9.74. The maximum Gasteiger partial charge on any atom is 0.139 e. The molecule has 3 aromatic heterocycles. The van der Waals surface area contributed by atoms with Gasteiger partial charge in [-0.1, -0.05) is 13.3 Å². The second kappa shape index (κ2) is 7.52. The fraction of sp³-hybridized carbons (Fsp3) is 0.450. The lowest BCUT2D eigenvalue weighted by Crippen LogP contribution is -2.33. The fourth-order valence-corrected chi connectivity index (χ4v) is 3.87. The molecule has 4 rings (SSSR count). The molecular weight excluding hydrogens is 338 g/mol. The fourth-order valence-electron chi connectivity index (χ4n) is 3.87. The highest BCUT2D eigenvalue weighted by atomic mass is 15.0. The minimum atomic E-state index is 0.324. The Kier molecular flexibility index (Phi) is 4.94. The van der Waals surface area contributed by atoms with E-state index in [-0.39, 0.29) is 0 Å². The molecule has 0 aromatic carbocycles. The molecule has 1 aliphatic rings. The molecule has 6 N–H and O–H groups in total. The summed E-state index contributed by atoms with van der Waals surface area (Å²) >= 11 is 0. The van der Waals surface area contributed by atoms with E-state index in [1.165, 1.54) is 12.0 Å². The van der Waals surface area contributed by atoms with Gasteiger partial charge in [0.05, 0.1) is 11.4 Å². The van der Waals surface area contributed by atoms with Crippen molar-refractivity contribution >= 4 is 22.5 Å². The molecule has 0 spiro atoms. The molecule has 1 fully saturated rings. The molecule has 3 aromatic rings. The molecule has 0 amide bonds. The van der Waals surface area contributed by atoms with Crippen molar-refractivity contribution in [1.29, 1.82) is 0 Å². The van der Waals surface area contributed by atoms with Crippen molar-refractivity contribution in [3.63, 3.8) is 0 Å². The zero-order valence-corrected chi connectivity index (χ0v) is 15.7. The standard InChI is InChI=1S/C20H27N7/c1-2-3-14-8-15-19(26-13-6-4-12(21)5-7-13)16(10-23-20(15)27-14)17-9-18(22)25-11-24-17/h8-13H,2-7,21H2,1H3,(H2,22,24,25)(H2,23,26,27)/t12-,13-. The summed E-state index contributed by atoms with van der Waals surface area (Å²) in [6.45, 7) is 2.18. The molecule has 0 atom stereocenters. The highest BCUT2D eigenvalue weighted by molar-refractivity contribution is 5.98. The SMILES string of the molecule is CCCc1cc2c(N[C@H]3CC[C@H](N)CC3)c(-c3cc(N)ncn3)cnc2[nH]1. The van der Waals surface area contributed by atoms with Crippen LogP contribution in [-0.2, 0) is 6.42 Å². The number of nitrogen functional groups attached to an aromatic ring is 1. The maximum absolute atomic E-state index is 6.08. The molecule has 1 saturated carbocycles. The van der Waals surface area contributed by atoms with Gasteiger partial charge in [0.25, 0.3) is 0 Å².